The van der Waals surface area contributed by atoms with Crippen molar-refractivity contribution < 1.29 is 4.74 Å². The molecule has 0 aliphatic heterocycles. The van der Waals surface area contributed by atoms with Crippen LogP contribution < -0.4 is 15.8 Å². The second-order valence-corrected chi connectivity index (χ2v) is 5.28. The van der Waals surface area contributed by atoms with E-state index in [1.54, 1.807) is 7.11 Å². The van der Waals surface area contributed by atoms with Crippen LogP contribution in [0.3, 0.4) is 0 Å². The first-order valence-electron chi connectivity index (χ1n) is 6.67. The van der Waals surface area contributed by atoms with Crippen molar-refractivity contribution in [1.82, 2.24) is 9.36 Å². The molecule has 1 unspecified atom stereocenters. The lowest BCUT2D eigenvalue weighted by atomic mass is 10.1. The summed E-state index contributed by atoms with van der Waals surface area (Å²) in [6.07, 6.45) is 1.70. The number of nitrogens with two attached hydrogens (primary N) is 1. The molecular weight excluding hydrogens is 272 g/mol. The molecule has 0 fully saturated rings. The molecule has 0 amide bonds. The SMILES string of the molecule is CCC(CN)Nc1nc(Cc2ccc(OC)cc2)ns1. The highest BCUT2D eigenvalue weighted by molar-refractivity contribution is 7.09. The van der Waals surface area contributed by atoms with Gasteiger partial charge in [0.15, 0.2) is 0 Å². The molecule has 0 aliphatic carbocycles. The average Bonchev–Trinajstić information content (AvgIpc) is 2.92. The summed E-state index contributed by atoms with van der Waals surface area (Å²) >= 11 is 1.38. The fraction of sp³-hybridized carbons (Fsp3) is 0.429. The summed E-state index contributed by atoms with van der Waals surface area (Å²) in [6.45, 7) is 2.70. The molecule has 0 aliphatic rings. The molecule has 0 saturated heterocycles. The smallest absolute Gasteiger partial charge is 0.202 e. The van der Waals surface area contributed by atoms with Crippen LogP contribution in [0.25, 0.3) is 0 Å². The fourth-order valence-electron chi connectivity index (χ4n) is 1.81. The van der Waals surface area contributed by atoms with Gasteiger partial charge in [0, 0.05) is 30.5 Å². The zero-order chi connectivity index (χ0) is 14.4. The lowest BCUT2D eigenvalue weighted by molar-refractivity contribution is 0.414. The third-order valence-electron chi connectivity index (χ3n) is 3.09. The second-order valence-electron chi connectivity index (χ2n) is 4.53. The van der Waals surface area contributed by atoms with Crippen molar-refractivity contribution in [3.63, 3.8) is 0 Å². The van der Waals surface area contributed by atoms with Crippen molar-refractivity contribution in [2.45, 2.75) is 25.8 Å². The van der Waals surface area contributed by atoms with Gasteiger partial charge in [-0.1, -0.05) is 19.1 Å². The van der Waals surface area contributed by atoms with Crippen LogP contribution in [-0.4, -0.2) is 29.1 Å². The Morgan fingerprint density at radius 1 is 1.35 bits per heavy atom. The number of ether oxygens (including phenoxy) is 1. The Morgan fingerprint density at radius 3 is 2.70 bits per heavy atom. The van der Waals surface area contributed by atoms with Gasteiger partial charge in [0.05, 0.1) is 7.11 Å². The molecular formula is C14H20N4OS. The van der Waals surface area contributed by atoms with E-state index < -0.39 is 0 Å². The first-order chi connectivity index (χ1) is 9.75. The van der Waals surface area contributed by atoms with Gasteiger partial charge in [-0.2, -0.15) is 4.37 Å². The van der Waals surface area contributed by atoms with Crippen molar-refractivity contribution in [2.75, 3.05) is 19.0 Å². The number of hydrogen-bond donors (Lipinski definition) is 2. The largest absolute Gasteiger partial charge is 0.497 e. The van der Waals surface area contributed by atoms with Gasteiger partial charge in [0.2, 0.25) is 5.13 Å². The maximum Gasteiger partial charge on any atom is 0.202 e. The van der Waals surface area contributed by atoms with E-state index in [0.717, 1.165) is 29.5 Å². The normalized spacial score (nSPS) is 12.2. The molecule has 1 heterocycles. The van der Waals surface area contributed by atoms with Gasteiger partial charge in [-0.3, -0.25) is 0 Å². The Kier molecular flexibility index (Phi) is 5.31. The molecule has 2 aromatic rings. The summed E-state index contributed by atoms with van der Waals surface area (Å²) in [6, 6.07) is 8.21. The summed E-state index contributed by atoms with van der Waals surface area (Å²) < 4.78 is 9.51. The summed E-state index contributed by atoms with van der Waals surface area (Å²) in [5, 5.41) is 4.14. The topological polar surface area (TPSA) is 73.1 Å². The molecule has 6 heteroatoms. The number of nitrogens with one attached hydrogen (secondary N) is 1. The predicted molar refractivity (Wildman–Crippen MR) is 82.5 cm³/mol. The molecule has 3 N–H and O–H groups in total. The molecule has 0 saturated carbocycles. The van der Waals surface area contributed by atoms with Gasteiger partial charge in [0.25, 0.3) is 0 Å². The van der Waals surface area contributed by atoms with Crippen molar-refractivity contribution in [1.29, 1.82) is 0 Å². The maximum absolute atomic E-state index is 5.67. The van der Waals surface area contributed by atoms with Crippen LogP contribution in [0.2, 0.25) is 0 Å². The van der Waals surface area contributed by atoms with E-state index in [2.05, 4.69) is 21.6 Å². The van der Waals surface area contributed by atoms with E-state index in [-0.39, 0.29) is 6.04 Å². The van der Waals surface area contributed by atoms with Crippen LogP contribution in [0.5, 0.6) is 5.75 Å². The Morgan fingerprint density at radius 2 is 2.10 bits per heavy atom. The minimum absolute atomic E-state index is 0.261. The quantitative estimate of drug-likeness (QED) is 0.819. The molecule has 1 aromatic heterocycles. The minimum Gasteiger partial charge on any atom is -0.497 e. The lowest BCUT2D eigenvalue weighted by Gasteiger charge is -2.12. The standard InChI is InChI=1S/C14H20N4OS/c1-3-11(9-15)16-14-17-13(18-20-14)8-10-4-6-12(19-2)7-5-10/h4-7,11H,3,8-9,15H2,1-2H3,(H,16,17,18). The molecule has 5 nitrogen and oxygen atoms in total. The van der Waals surface area contributed by atoms with E-state index in [9.17, 15) is 0 Å². The van der Waals surface area contributed by atoms with E-state index in [4.69, 9.17) is 10.5 Å². The van der Waals surface area contributed by atoms with Crippen LogP contribution in [-0.2, 0) is 6.42 Å². The Hall–Kier alpha value is -1.66. The minimum atomic E-state index is 0.261. The van der Waals surface area contributed by atoms with Crippen molar-refractivity contribution in [3.05, 3.63) is 35.7 Å². The van der Waals surface area contributed by atoms with Crippen molar-refractivity contribution in [3.8, 4) is 5.75 Å². The van der Waals surface area contributed by atoms with Crippen molar-refractivity contribution in [2.24, 2.45) is 5.73 Å². The van der Waals surface area contributed by atoms with Crippen LogP contribution >= 0.6 is 11.5 Å². The van der Waals surface area contributed by atoms with Gasteiger partial charge in [0.1, 0.15) is 11.6 Å². The zero-order valence-electron chi connectivity index (χ0n) is 11.8. The Bertz CT molecular complexity index is 522. The molecule has 20 heavy (non-hydrogen) atoms. The number of aromatic nitrogens is 2. The number of rotatable bonds is 7. The van der Waals surface area contributed by atoms with Gasteiger partial charge in [-0.15, -0.1) is 0 Å². The molecule has 108 valence electrons. The summed E-state index contributed by atoms with van der Waals surface area (Å²) in [4.78, 5) is 4.49. The molecule has 2 rings (SSSR count). The third-order valence-corrected chi connectivity index (χ3v) is 3.78. The van der Waals surface area contributed by atoms with Crippen LogP contribution in [0.4, 0.5) is 5.13 Å². The van der Waals surface area contributed by atoms with Crippen molar-refractivity contribution >= 4 is 16.7 Å². The van der Waals surface area contributed by atoms with Gasteiger partial charge >= 0.3 is 0 Å². The highest BCUT2D eigenvalue weighted by Crippen LogP contribution is 2.17. The lowest BCUT2D eigenvalue weighted by Crippen LogP contribution is -2.27. The Labute approximate surface area is 123 Å². The second kappa shape index (κ2) is 7.21. The highest BCUT2D eigenvalue weighted by atomic mass is 32.1. The fourth-order valence-corrected chi connectivity index (χ4v) is 2.48. The number of methoxy groups -OCH3 is 1. The maximum atomic E-state index is 5.67. The highest BCUT2D eigenvalue weighted by Gasteiger charge is 2.09. The summed E-state index contributed by atoms with van der Waals surface area (Å²) in [5.41, 5.74) is 6.84. The Balaban J connectivity index is 1.97. The molecule has 1 aromatic carbocycles. The van der Waals surface area contributed by atoms with Gasteiger partial charge in [-0.05, 0) is 24.1 Å². The number of hydrogen-bond acceptors (Lipinski definition) is 6. The monoisotopic (exact) mass is 292 g/mol. The van der Waals surface area contributed by atoms with E-state index in [1.807, 2.05) is 24.3 Å². The van der Waals surface area contributed by atoms with Crippen LogP contribution in [0, 0.1) is 0 Å². The summed E-state index contributed by atoms with van der Waals surface area (Å²) in [7, 11) is 1.66. The first kappa shape index (κ1) is 14.7. The first-order valence-corrected chi connectivity index (χ1v) is 7.44. The number of nitrogens with zero attached hydrogens (tertiary/aromatic N) is 2. The zero-order valence-corrected chi connectivity index (χ0v) is 12.6. The molecule has 1 atom stereocenters. The molecule has 0 bridgehead atoms. The predicted octanol–water partition coefficient (Wildman–Crippen LogP) is 2.29. The van der Waals surface area contributed by atoms with Gasteiger partial charge < -0.3 is 15.8 Å². The summed E-state index contributed by atoms with van der Waals surface area (Å²) in [5.74, 6) is 1.69. The van der Waals surface area contributed by atoms with E-state index in [0.29, 0.717) is 6.54 Å². The van der Waals surface area contributed by atoms with Crippen LogP contribution in [0.15, 0.2) is 24.3 Å². The average molecular weight is 292 g/mol. The third kappa shape index (κ3) is 3.91. The van der Waals surface area contributed by atoms with Crippen LogP contribution in [0.1, 0.15) is 24.7 Å². The van der Waals surface area contributed by atoms with E-state index >= 15 is 0 Å². The van der Waals surface area contributed by atoms with Gasteiger partial charge in [-0.25, -0.2) is 4.98 Å². The molecule has 0 radical (unpaired) electrons. The number of benzene rings is 1. The number of anilines is 1. The van der Waals surface area contributed by atoms with E-state index in [1.165, 1.54) is 17.1 Å². The molecule has 0 spiro atoms.